The summed E-state index contributed by atoms with van der Waals surface area (Å²) in [5.74, 6) is -2.00. The van der Waals surface area contributed by atoms with Crippen LogP contribution in [0.1, 0.15) is 24.1 Å². The molecule has 3 aromatic carbocycles. The Morgan fingerprint density at radius 3 is 2.36 bits per heavy atom. The second-order valence-corrected chi connectivity index (χ2v) is 7.35. The summed E-state index contributed by atoms with van der Waals surface area (Å²) >= 11 is 0. The van der Waals surface area contributed by atoms with Gasteiger partial charge in [0.1, 0.15) is 23.1 Å². The van der Waals surface area contributed by atoms with E-state index in [0.29, 0.717) is 23.6 Å². The quantitative estimate of drug-likeness (QED) is 0.332. The minimum Gasteiger partial charge on any atom is -0.507 e. The van der Waals surface area contributed by atoms with E-state index in [9.17, 15) is 19.1 Å². The van der Waals surface area contributed by atoms with Gasteiger partial charge in [-0.1, -0.05) is 30.3 Å². The van der Waals surface area contributed by atoms with Crippen molar-refractivity contribution in [3.05, 3.63) is 95.3 Å². The summed E-state index contributed by atoms with van der Waals surface area (Å²) in [5.41, 5.74) is 0.901. The molecule has 1 unspecified atom stereocenters. The summed E-state index contributed by atoms with van der Waals surface area (Å²) in [4.78, 5) is 27.6. The Labute approximate surface area is 190 Å². The third kappa shape index (κ3) is 4.05. The Morgan fingerprint density at radius 2 is 1.73 bits per heavy atom. The largest absolute Gasteiger partial charge is 0.507 e. The Kier molecular flexibility index (Phi) is 6.13. The molecule has 1 amide bonds. The van der Waals surface area contributed by atoms with E-state index in [1.165, 1.54) is 24.1 Å². The lowest BCUT2D eigenvalue weighted by atomic mass is 9.94. The molecule has 3 aromatic rings. The van der Waals surface area contributed by atoms with Gasteiger partial charge in [0.05, 0.1) is 30.9 Å². The minimum absolute atomic E-state index is 0.0144. The molecule has 0 saturated carbocycles. The van der Waals surface area contributed by atoms with Gasteiger partial charge in [-0.2, -0.15) is 0 Å². The van der Waals surface area contributed by atoms with Crippen LogP contribution in [0.4, 0.5) is 10.1 Å². The van der Waals surface area contributed by atoms with Gasteiger partial charge in [-0.25, -0.2) is 4.39 Å². The van der Waals surface area contributed by atoms with Crippen molar-refractivity contribution in [2.75, 3.05) is 18.6 Å². The molecule has 1 atom stereocenters. The normalized spacial score (nSPS) is 17.3. The molecule has 1 fully saturated rings. The van der Waals surface area contributed by atoms with E-state index in [-0.39, 0.29) is 16.9 Å². The number of hydrogen-bond acceptors (Lipinski definition) is 5. The van der Waals surface area contributed by atoms with Gasteiger partial charge in [0, 0.05) is 5.69 Å². The van der Waals surface area contributed by atoms with Crippen molar-refractivity contribution in [3.8, 4) is 11.5 Å². The predicted octanol–water partition coefficient (Wildman–Crippen LogP) is 4.86. The molecule has 1 saturated heterocycles. The van der Waals surface area contributed by atoms with Gasteiger partial charge in [0.15, 0.2) is 0 Å². The van der Waals surface area contributed by atoms with Crippen LogP contribution in [0.2, 0.25) is 0 Å². The Balaban J connectivity index is 1.94. The number of Topliss-reactive ketones (excluding diaryl/α,β-unsaturated/α-hetero) is 1. The number of halogens is 1. The van der Waals surface area contributed by atoms with Crippen LogP contribution in [0.15, 0.2) is 78.4 Å². The highest BCUT2D eigenvalue weighted by Crippen LogP contribution is 2.43. The first kappa shape index (κ1) is 22.1. The van der Waals surface area contributed by atoms with E-state index < -0.39 is 29.3 Å². The fraction of sp³-hybridized carbons (Fsp3) is 0.154. The number of aliphatic hydroxyl groups excluding tert-OH is 1. The number of amides is 1. The summed E-state index contributed by atoms with van der Waals surface area (Å²) in [5, 5.41) is 11.2. The molecular formula is C26H22FNO5. The van der Waals surface area contributed by atoms with Crippen LogP contribution < -0.4 is 14.4 Å². The second kappa shape index (κ2) is 9.16. The molecule has 1 N–H and O–H groups in total. The average molecular weight is 447 g/mol. The number of anilines is 1. The molecule has 0 bridgehead atoms. The van der Waals surface area contributed by atoms with Gasteiger partial charge in [0.25, 0.3) is 11.7 Å². The lowest BCUT2D eigenvalue weighted by molar-refractivity contribution is -0.132. The highest BCUT2D eigenvalue weighted by atomic mass is 19.1. The monoisotopic (exact) mass is 447 g/mol. The minimum atomic E-state index is -0.934. The van der Waals surface area contributed by atoms with E-state index >= 15 is 0 Å². The number of carbonyl (C=O) groups is 2. The number of ketones is 1. The molecule has 1 aliphatic rings. The summed E-state index contributed by atoms with van der Waals surface area (Å²) in [7, 11) is 1.37. The van der Waals surface area contributed by atoms with Gasteiger partial charge >= 0.3 is 0 Å². The fourth-order valence-corrected chi connectivity index (χ4v) is 3.93. The molecule has 0 spiro atoms. The van der Waals surface area contributed by atoms with Crippen LogP contribution in [0, 0.1) is 5.82 Å². The number of aliphatic hydroxyl groups is 1. The zero-order chi connectivity index (χ0) is 23.5. The predicted molar refractivity (Wildman–Crippen MR) is 122 cm³/mol. The first-order valence-corrected chi connectivity index (χ1v) is 10.4. The lowest BCUT2D eigenvalue weighted by Crippen LogP contribution is -2.29. The molecule has 6 nitrogen and oxygen atoms in total. The van der Waals surface area contributed by atoms with Gasteiger partial charge < -0.3 is 14.6 Å². The topological polar surface area (TPSA) is 76.1 Å². The van der Waals surface area contributed by atoms with Crippen LogP contribution >= 0.6 is 0 Å². The highest BCUT2D eigenvalue weighted by Gasteiger charge is 2.47. The van der Waals surface area contributed by atoms with E-state index in [1.54, 1.807) is 54.6 Å². The number of carbonyl (C=O) groups excluding carboxylic acids is 2. The maximum atomic E-state index is 14.0. The van der Waals surface area contributed by atoms with E-state index in [2.05, 4.69) is 0 Å². The number of rotatable bonds is 6. The molecule has 33 heavy (non-hydrogen) atoms. The molecule has 7 heteroatoms. The van der Waals surface area contributed by atoms with Crippen molar-refractivity contribution in [1.82, 2.24) is 0 Å². The third-order valence-corrected chi connectivity index (χ3v) is 5.40. The zero-order valence-electron chi connectivity index (χ0n) is 18.1. The number of hydrogen-bond donors (Lipinski definition) is 1. The Bertz CT molecular complexity index is 1220. The van der Waals surface area contributed by atoms with Crippen LogP contribution in [-0.4, -0.2) is 30.5 Å². The van der Waals surface area contributed by atoms with Crippen LogP contribution in [0.25, 0.3) is 5.76 Å². The van der Waals surface area contributed by atoms with E-state index in [0.717, 1.165) is 6.07 Å². The molecule has 0 aliphatic carbocycles. The summed E-state index contributed by atoms with van der Waals surface area (Å²) in [6.45, 7) is 2.35. The maximum Gasteiger partial charge on any atom is 0.300 e. The van der Waals surface area contributed by atoms with Crippen LogP contribution in [0.3, 0.4) is 0 Å². The van der Waals surface area contributed by atoms with Crippen molar-refractivity contribution in [2.24, 2.45) is 0 Å². The summed E-state index contributed by atoms with van der Waals surface area (Å²) < 4.78 is 24.8. The maximum absolute atomic E-state index is 14.0. The smallest absolute Gasteiger partial charge is 0.300 e. The number of ether oxygens (including phenoxy) is 2. The Morgan fingerprint density at radius 1 is 1.03 bits per heavy atom. The van der Waals surface area contributed by atoms with Crippen molar-refractivity contribution >= 4 is 23.1 Å². The molecular weight excluding hydrogens is 425 g/mol. The van der Waals surface area contributed by atoms with Crippen molar-refractivity contribution in [1.29, 1.82) is 0 Å². The van der Waals surface area contributed by atoms with E-state index in [4.69, 9.17) is 9.47 Å². The molecule has 0 radical (unpaired) electrons. The molecule has 4 rings (SSSR count). The van der Waals surface area contributed by atoms with Gasteiger partial charge in [-0.05, 0) is 55.0 Å². The fourth-order valence-electron chi connectivity index (χ4n) is 3.93. The third-order valence-electron chi connectivity index (χ3n) is 5.40. The Hall–Kier alpha value is -4.13. The van der Waals surface area contributed by atoms with Gasteiger partial charge in [0.2, 0.25) is 0 Å². The molecule has 168 valence electrons. The van der Waals surface area contributed by atoms with Gasteiger partial charge in [-0.15, -0.1) is 0 Å². The van der Waals surface area contributed by atoms with E-state index in [1.807, 2.05) is 6.92 Å². The molecule has 0 aromatic heterocycles. The number of nitrogens with zero attached hydrogens (tertiary/aromatic N) is 1. The number of methoxy groups -OCH3 is 1. The second-order valence-electron chi connectivity index (χ2n) is 7.35. The molecule has 1 aliphatic heterocycles. The SMILES string of the molecule is CCOc1ccc(C2/C(=C(\O)c3cc(F)ccc3OC)C(=O)C(=O)N2c2ccccc2)cc1. The number of benzene rings is 3. The standard InChI is InChI=1S/C26H22FNO5/c1-3-33-19-12-9-16(10-13-19)23-22(24(29)20-15-17(27)11-14-21(20)32-2)25(30)26(31)28(23)18-7-5-4-6-8-18/h4-15,23,29H,3H2,1-2H3/b24-22+. The van der Waals surface area contributed by atoms with Crippen molar-refractivity contribution in [2.45, 2.75) is 13.0 Å². The number of para-hydroxylation sites is 1. The molecule has 1 heterocycles. The van der Waals surface area contributed by atoms with Crippen LogP contribution in [0.5, 0.6) is 11.5 Å². The van der Waals surface area contributed by atoms with Crippen molar-refractivity contribution < 1.29 is 28.6 Å². The van der Waals surface area contributed by atoms with Crippen molar-refractivity contribution in [3.63, 3.8) is 0 Å². The lowest BCUT2D eigenvalue weighted by Gasteiger charge is -2.25. The first-order chi connectivity index (χ1) is 16.0. The summed E-state index contributed by atoms with van der Waals surface area (Å²) in [6.07, 6.45) is 0. The first-order valence-electron chi connectivity index (χ1n) is 10.4. The van der Waals surface area contributed by atoms with Crippen LogP contribution in [-0.2, 0) is 9.59 Å². The van der Waals surface area contributed by atoms with Gasteiger partial charge in [-0.3, -0.25) is 14.5 Å². The summed E-state index contributed by atoms with van der Waals surface area (Å²) in [6, 6.07) is 18.3. The highest BCUT2D eigenvalue weighted by molar-refractivity contribution is 6.51. The average Bonchev–Trinajstić information content (AvgIpc) is 3.10. The zero-order valence-corrected chi connectivity index (χ0v) is 18.1.